The van der Waals surface area contributed by atoms with Gasteiger partial charge in [-0.1, -0.05) is 6.07 Å². The molecule has 1 amide bonds. The average Bonchev–Trinajstić information content (AvgIpc) is 2.78. The van der Waals surface area contributed by atoms with E-state index in [-0.39, 0.29) is 5.91 Å². The zero-order valence-electron chi connectivity index (χ0n) is 13.0. The van der Waals surface area contributed by atoms with Gasteiger partial charge in [-0.25, -0.2) is 0 Å². The fourth-order valence-corrected chi connectivity index (χ4v) is 3.76. The Morgan fingerprint density at radius 2 is 2.05 bits per heavy atom. The maximum atomic E-state index is 12.4. The van der Waals surface area contributed by atoms with Crippen LogP contribution in [0, 0.1) is 12.8 Å². The molecule has 0 saturated carbocycles. The van der Waals surface area contributed by atoms with Crippen LogP contribution in [-0.4, -0.2) is 34.9 Å². The van der Waals surface area contributed by atoms with Crippen LogP contribution in [-0.2, 0) is 11.3 Å². The lowest BCUT2D eigenvalue weighted by Gasteiger charge is -2.29. The van der Waals surface area contributed by atoms with Crippen molar-refractivity contribution in [1.82, 2.24) is 15.2 Å². The van der Waals surface area contributed by atoms with Crippen LogP contribution in [0.4, 0.5) is 0 Å². The molecule has 0 spiro atoms. The van der Waals surface area contributed by atoms with Crippen molar-refractivity contribution in [3.8, 4) is 0 Å². The van der Waals surface area contributed by atoms with Crippen LogP contribution in [0.2, 0.25) is 0 Å². The second-order valence-corrected chi connectivity index (χ2v) is 6.70. The Kier molecular flexibility index (Phi) is 4.24. The van der Waals surface area contributed by atoms with Gasteiger partial charge in [0.2, 0.25) is 5.91 Å². The molecule has 0 radical (unpaired) electrons. The third-order valence-electron chi connectivity index (χ3n) is 4.80. The highest BCUT2D eigenvalue weighted by molar-refractivity contribution is 5.76. The van der Waals surface area contributed by atoms with Gasteiger partial charge in [0.15, 0.2) is 0 Å². The molecule has 4 heteroatoms. The third kappa shape index (κ3) is 3.62. The number of hydrogen-bond donors (Lipinski definition) is 1. The van der Waals surface area contributed by atoms with Gasteiger partial charge in [-0.3, -0.25) is 9.78 Å². The molecule has 2 saturated heterocycles. The average molecular weight is 287 g/mol. The van der Waals surface area contributed by atoms with Crippen molar-refractivity contribution in [1.29, 1.82) is 0 Å². The van der Waals surface area contributed by atoms with Gasteiger partial charge < -0.3 is 10.2 Å². The minimum atomic E-state index is 0.254. The summed E-state index contributed by atoms with van der Waals surface area (Å²) in [7, 11) is 1.89. The molecule has 0 aliphatic carbocycles. The summed E-state index contributed by atoms with van der Waals surface area (Å²) in [5.74, 6) is 0.814. The Bertz CT molecular complexity index is 505. The van der Waals surface area contributed by atoms with Crippen molar-refractivity contribution in [2.75, 3.05) is 7.05 Å². The highest BCUT2D eigenvalue weighted by Crippen LogP contribution is 2.32. The van der Waals surface area contributed by atoms with E-state index in [1.165, 1.54) is 25.7 Å². The molecular weight excluding hydrogens is 262 g/mol. The van der Waals surface area contributed by atoms with Crippen LogP contribution in [0.25, 0.3) is 0 Å². The lowest BCUT2D eigenvalue weighted by molar-refractivity contribution is -0.131. The monoisotopic (exact) mass is 287 g/mol. The highest BCUT2D eigenvalue weighted by atomic mass is 16.2. The van der Waals surface area contributed by atoms with Gasteiger partial charge in [-0.05, 0) is 50.7 Å². The Morgan fingerprint density at radius 3 is 2.71 bits per heavy atom. The molecule has 0 aromatic carbocycles. The Labute approximate surface area is 126 Å². The predicted molar refractivity (Wildman–Crippen MR) is 82.7 cm³/mol. The minimum Gasteiger partial charge on any atom is -0.340 e. The summed E-state index contributed by atoms with van der Waals surface area (Å²) in [4.78, 5) is 18.7. The molecule has 2 aliphatic heterocycles. The van der Waals surface area contributed by atoms with E-state index >= 15 is 0 Å². The third-order valence-corrected chi connectivity index (χ3v) is 4.80. The number of carbonyl (C=O) groups excluding carboxylic acids is 1. The van der Waals surface area contributed by atoms with Crippen molar-refractivity contribution in [2.45, 2.75) is 57.7 Å². The van der Waals surface area contributed by atoms with Gasteiger partial charge in [0, 0.05) is 31.2 Å². The van der Waals surface area contributed by atoms with E-state index in [4.69, 9.17) is 0 Å². The van der Waals surface area contributed by atoms with Crippen LogP contribution < -0.4 is 5.32 Å². The number of nitrogens with one attached hydrogen (secondary N) is 1. The summed E-state index contributed by atoms with van der Waals surface area (Å²) in [5, 5.41) is 3.63. The molecule has 3 rings (SSSR count). The van der Waals surface area contributed by atoms with Crippen molar-refractivity contribution in [3.05, 3.63) is 29.6 Å². The lowest BCUT2D eigenvalue weighted by atomic mass is 9.89. The Hall–Kier alpha value is -1.42. The molecule has 1 N–H and O–H groups in total. The molecule has 3 heterocycles. The number of hydrogen-bond acceptors (Lipinski definition) is 3. The largest absolute Gasteiger partial charge is 0.340 e. The summed E-state index contributed by atoms with van der Waals surface area (Å²) in [5.41, 5.74) is 1.97. The number of pyridine rings is 1. The summed E-state index contributed by atoms with van der Waals surface area (Å²) in [6, 6.07) is 7.29. The van der Waals surface area contributed by atoms with Crippen LogP contribution in [0.5, 0.6) is 0 Å². The fourth-order valence-electron chi connectivity index (χ4n) is 3.76. The zero-order valence-corrected chi connectivity index (χ0v) is 13.0. The molecular formula is C17H25N3O. The smallest absolute Gasteiger partial charge is 0.222 e. The first-order chi connectivity index (χ1) is 10.1. The molecule has 2 atom stereocenters. The topological polar surface area (TPSA) is 45.2 Å². The van der Waals surface area contributed by atoms with Crippen LogP contribution in [0.15, 0.2) is 18.2 Å². The van der Waals surface area contributed by atoms with Crippen molar-refractivity contribution < 1.29 is 4.79 Å². The number of amides is 1. The number of piperidine rings is 1. The van der Waals surface area contributed by atoms with E-state index in [1.54, 1.807) is 0 Å². The number of aromatic nitrogens is 1. The normalized spacial score (nSPS) is 27.6. The van der Waals surface area contributed by atoms with Gasteiger partial charge in [-0.15, -0.1) is 0 Å². The van der Waals surface area contributed by atoms with Crippen molar-refractivity contribution in [3.63, 3.8) is 0 Å². The molecule has 2 fully saturated rings. The maximum absolute atomic E-state index is 12.4. The molecule has 1 aromatic rings. The molecule has 114 valence electrons. The summed E-state index contributed by atoms with van der Waals surface area (Å²) in [6.07, 6.45) is 5.60. The summed E-state index contributed by atoms with van der Waals surface area (Å²) < 4.78 is 0. The van der Waals surface area contributed by atoms with Gasteiger partial charge in [0.1, 0.15) is 0 Å². The van der Waals surface area contributed by atoms with Crippen molar-refractivity contribution in [2.24, 2.45) is 5.92 Å². The van der Waals surface area contributed by atoms with Gasteiger partial charge in [-0.2, -0.15) is 0 Å². The van der Waals surface area contributed by atoms with E-state index in [0.717, 1.165) is 11.4 Å². The van der Waals surface area contributed by atoms with Crippen LogP contribution in [0.1, 0.15) is 43.5 Å². The number of rotatable bonds is 4. The molecule has 2 bridgehead atoms. The highest BCUT2D eigenvalue weighted by Gasteiger charge is 2.34. The van der Waals surface area contributed by atoms with Crippen LogP contribution >= 0.6 is 0 Å². The summed E-state index contributed by atoms with van der Waals surface area (Å²) >= 11 is 0. The van der Waals surface area contributed by atoms with E-state index in [9.17, 15) is 4.79 Å². The van der Waals surface area contributed by atoms with Gasteiger partial charge in [0.05, 0.1) is 12.2 Å². The predicted octanol–water partition coefficient (Wildman–Crippen LogP) is 2.27. The Balaban J connectivity index is 1.53. The summed E-state index contributed by atoms with van der Waals surface area (Å²) in [6.45, 7) is 2.59. The molecule has 2 unspecified atom stereocenters. The lowest BCUT2D eigenvalue weighted by Crippen LogP contribution is -2.40. The molecule has 1 aromatic heterocycles. The number of aryl methyl sites for hydroxylation is 1. The minimum absolute atomic E-state index is 0.254. The maximum Gasteiger partial charge on any atom is 0.222 e. The standard InChI is InChI=1S/C17H25N3O/c1-12-4-3-5-16(18-12)11-20(2)17(21)10-13-8-14-6-7-15(9-13)19-14/h3-5,13-15,19H,6-11H2,1-2H3. The first-order valence-electron chi connectivity index (χ1n) is 8.02. The van der Waals surface area contributed by atoms with E-state index in [2.05, 4.69) is 10.3 Å². The van der Waals surface area contributed by atoms with Gasteiger partial charge >= 0.3 is 0 Å². The second-order valence-electron chi connectivity index (χ2n) is 6.70. The first kappa shape index (κ1) is 14.5. The van der Waals surface area contributed by atoms with E-state index in [0.29, 0.717) is 31.0 Å². The first-order valence-corrected chi connectivity index (χ1v) is 8.02. The number of carbonyl (C=O) groups is 1. The number of fused-ring (bicyclic) bond motifs is 2. The van der Waals surface area contributed by atoms with Gasteiger partial charge in [0.25, 0.3) is 0 Å². The van der Waals surface area contributed by atoms with E-state index < -0.39 is 0 Å². The van der Waals surface area contributed by atoms with E-state index in [1.807, 2.05) is 37.1 Å². The molecule has 21 heavy (non-hydrogen) atoms. The van der Waals surface area contributed by atoms with Crippen LogP contribution in [0.3, 0.4) is 0 Å². The second kappa shape index (κ2) is 6.14. The zero-order chi connectivity index (χ0) is 14.8. The van der Waals surface area contributed by atoms with Crippen molar-refractivity contribution >= 4 is 5.91 Å². The molecule has 4 nitrogen and oxygen atoms in total. The SMILES string of the molecule is Cc1cccc(CN(C)C(=O)CC2CC3CCC(C2)N3)n1. The fraction of sp³-hybridized carbons (Fsp3) is 0.647. The number of nitrogens with zero attached hydrogens (tertiary/aromatic N) is 2. The molecule has 2 aliphatic rings. The quantitative estimate of drug-likeness (QED) is 0.924. The Morgan fingerprint density at radius 1 is 1.33 bits per heavy atom.